The van der Waals surface area contributed by atoms with Crippen LogP contribution in [0.4, 0.5) is 20.2 Å². The standard InChI is InChI=1S/C16H16F2N2O/c1-2-20(15-6-4-3-5-7-15)16(21)11-19-14-9-12(17)8-13(18)10-14/h3-10,19H,2,11H2,1H3. The zero-order valence-electron chi connectivity index (χ0n) is 11.6. The van der Waals surface area contributed by atoms with Crippen LogP contribution in [-0.4, -0.2) is 19.0 Å². The molecule has 2 aromatic carbocycles. The van der Waals surface area contributed by atoms with Gasteiger partial charge in [-0.2, -0.15) is 0 Å². The van der Waals surface area contributed by atoms with Gasteiger partial charge in [-0.05, 0) is 31.2 Å². The van der Waals surface area contributed by atoms with Crippen molar-refractivity contribution < 1.29 is 13.6 Å². The number of benzene rings is 2. The monoisotopic (exact) mass is 290 g/mol. The maximum atomic E-state index is 13.1. The third kappa shape index (κ3) is 4.02. The van der Waals surface area contributed by atoms with Crippen molar-refractivity contribution in [3.63, 3.8) is 0 Å². The van der Waals surface area contributed by atoms with Crippen LogP contribution in [0.25, 0.3) is 0 Å². The van der Waals surface area contributed by atoms with Crippen molar-refractivity contribution in [1.82, 2.24) is 0 Å². The van der Waals surface area contributed by atoms with Crippen LogP contribution < -0.4 is 10.2 Å². The number of anilines is 2. The Labute approximate surface area is 122 Å². The maximum absolute atomic E-state index is 13.1. The molecule has 0 saturated heterocycles. The van der Waals surface area contributed by atoms with E-state index in [1.807, 2.05) is 37.3 Å². The highest BCUT2D eigenvalue weighted by molar-refractivity contribution is 5.96. The lowest BCUT2D eigenvalue weighted by molar-refractivity contribution is -0.116. The molecule has 0 aliphatic rings. The van der Waals surface area contributed by atoms with E-state index in [9.17, 15) is 13.6 Å². The molecule has 2 aromatic rings. The number of nitrogens with one attached hydrogen (secondary N) is 1. The summed E-state index contributed by atoms with van der Waals surface area (Å²) in [7, 11) is 0. The SMILES string of the molecule is CCN(C(=O)CNc1cc(F)cc(F)c1)c1ccccc1. The Morgan fingerprint density at radius 3 is 2.29 bits per heavy atom. The molecule has 0 atom stereocenters. The number of hydrogen-bond acceptors (Lipinski definition) is 2. The molecule has 0 bridgehead atoms. The Balaban J connectivity index is 2.03. The largest absolute Gasteiger partial charge is 0.376 e. The van der Waals surface area contributed by atoms with E-state index in [4.69, 9.17) is 0 Å². The Bertz CT molecular complexity index is 597. The number of para-hydroxylation sites is 1. The first-order valence-corrected chi connectivity index (χ1v) is 6.65. The molecule has 2 rings (SSSR count). The van der Waals surface area contributed by atoms with Crippen LogP contribution in [-0.2, 0) is 4.79 Å². The Hall–Kier alpha value is -2.43. The van der Waals surface area contributed by atoms with E-state index >= 15 is 0 Å². The van der Waals surface area contributed by atoms with Crippen molar-refractivity contribution in [2.24, 2.45) is 0 Å². The molecule has 0 saturated carbocycles. The average Bonchev–Trinajstić information content (AvgIpc) is 2.46. The van der Waals surface area contributed by atoms with Crippen LogP contribution in [0.2, 0.25) is 0 Å². The van der Waals surface area contributed by atoms with Crippen molar-refractivity contribution in [2.75, 3.05) is 23.3 Å². The van der Waals surface area contributed by atoms with Gasteiger partial charge in [-0.1, -0.05) is 18.2 Å². The number of carbonyl (C=O) groups is 1. The van der Waals surface area contributed by atoms with Gasteiger partial charge in [0.2, 0.25) is 5.91 Å². The zero-order chi connectivity index (χ0) is 15.2. The van der Waals surface area contributed by atoms with Crippen molar-refractivity contribution in [2.45, 2.75) is 6.92 Å². The molecule has 0 aliphatic heterocycles. The highest BCUT2D eigenvalue weighted by atomic mass is 19.1. The van der Waals surface area contributed by atoms with E-state index < -0.39 is 11.6 Å². The molecule has 110 valence electrons. The summed E-state index contributed by atoms with van der Waals surface area (Å²) in [5.41, 5.74) is 1.03. The second kappa shape index (κ2) is 6.83. The highest BCUT2D eigenvalue weighted by Gasteiger charge is 2.13. The van der Waals surface area contributed by atoms with Gasteiger partial charge < -0.3 is 10.2 Å². The lowest BCUT2D eigenvalue weighted by atomic mass is 10.2. The molecule has 3 nitrogen and oxygen atoms in total. The minimum atomic E-state index is -0.680. The van der Waals surface area contributed by atoms with Gasteiger partial charge in [0.05, 0.1) is 6.54 Å². The number of nitrogens with zero attached hydrogens (tertiary/aromatic N) is 1. The van der Waals surface area contributed by atoms with Crippen molar-refractivity contribution in [3.05, 3.63) is 60.2 Å². The first kappa shape index (κ1) is 15.0. The number of likely N-dealkylation sites (N-methyl/N-ethyl adjacent to an activating group) is 1. The molecule has 0 radical (unpaired) electrons. The van der Waals surface area contributed by atoms with Gasteiger partial charge in [-0.3, -0.25) is 4.79 Å². The van der Waals surface area contributed by atoms with E-state index in [1.54, 1.807) is 4.90 Å². The topological polar surface area (TPSA) is 32.3 Å². The summed E-state index contributed by atoms with van der Waals surface area (Å²) < 4.78 is 26.1. The maximum Gasteiger partial charge on any atom is 0.246 e. The van der Waals surface area contributed by atoms with Gasteiger partial charge in [0.25, 0.3) is 0 Å². The summed E-state index contributed by atoms with van der Waals surface area (Å²) in [5.74, 6) is -1.53. The van der Waals surface area contributed by atoms with E-state index in [0.717, 1.165) is 23.9 Å². The predicted molar refractivity (Wildman–Crippen MR) is 79.3 cm³/mol. The molecule has 0 aromatic heterocycles. The molecule has 0 spiro atoms. The second-order valence-corrected chi connectivity index (χ2v) is 4.49. The number of carbonyl (C=O) groups excluding carboxylic acids is 1. The van der Waals surface area contributed by atoms with Gasteiger partial charge in [0.15, 0.2) is 0 Å². The molecule has 0 aliphatic carbocycles. The molecule has 0 heterocycles. The van der Waals surface area contributed by atoms with Gasteiger partial charge in [-0.15, -0.1) is 0 Å². The lowest BCUT2D eigenvalue weighted by Gasteiger charge is -2.21. The summed E-state index contributed by atoms with van der Waals surface area (Å²) >= 11 is 0. The Morgan fingerprint density at radius 2 is 1.71 bits per heavy atom. The van der Waals surface area contributed by atoms with Crippen LogP contribution in [0.1, 0.15) is 6.92 Å². The third-order valence-corrected chi connectivity index (χ3v) is 2.99. The molecule has 5 heteroatoms. The summed E-state index contributed by atoms with van der Waals surface area (Å²) in [4.78, 5) is 13.8. The molecule has 21 heavy (non-hydrogen) atoms. The highest BCUT2D eigenvalue weighted by Crippen LogP contribution is 2.15. The van der Waals surface area contributed by atoms with Crippen LogP contribution in [0.3, 0.4) is 0 Å². The summed E-state index contributed by atoms with van der Waals surface area (Å²) in [6, 6.07) is 12.3. The van der Waals surface area contributed by atoms with Gasteiger partial charge in [-0.25, -0.2) is 8.78 Å². The third-order valence-electron chi connectivity index (χ3n) is 2.99. The normalized spacial score (nSPS) is 10.2. The number of halogens is 2. The molecule has 1 amide bonds. The number of amides is 1. The van der Waals surface area contributed by atoms with Crippen molar-refractivity contribution >= 4 is 17.3 Å². The fourth-order valence-corrected chi connectivity index (χ4v) is 2.04. The van der Waals surface area contributed by atoms with Gasteiger partial charge in [0.1, 0.15) is 11.6 Å². The lowest BCUT2D eigenvalue weighted by Crippen LogP contribution is -2.35. The quantitative estimate of drug-likeness (QED) is 0.915. The number of rotatable bonds is 5. The molecular formula is C16H16F2N2O. The fraction of sp³-hybridized carbons (Fsp3) is 0.188. The minimum Gasteiger partial charge on any atom is -0.376 e. The fourth-order valence-electron chi connectivity index (χ4n) is 2.04. The van der Waals surface area contributed by atoms with Gasteiger partial charge in [0, 0.05) is 24.0 Å². The van der Waals surface area contributed by atoms with Crippen LogP contribution in [0.15, 0.2) is 48.5 Å². The summed E-state index contributed by atoms with van der Waals surface area (Å²) in [6.07, 6.45) is 0. The number of hydrogen-bond donors (Lipinski definition) is 1. The first-order valence-electron chi connectivity index (χ1n) is 6.65. The zero-order valence-corrected chi connectivity index (χ0v) is 11.6. The Morgan fingerprint density at radius 1 is 1.10 bits per heavy atom. The first-order chi connectivity index (χ1) is 10.1. The molecule has 0 unspecified atom stereocenters. The van der Waals surface area contributed by atoms with E-state index in [-0.39, 0.29) is 18.1 Å². The Kier molecular flexibility index (Phi) is 4.87. The van der Waals surface area contributed by atoms with E-state index in [0.29, 0.717) is 6.54 Å². The summed E-state index contributed by atoms with van der Waals surface area (Å²) in [6.45, 7) is 2.35. The predicted octanol–water partition coefficient (Wildman–Crippen LogP) is 3.43. The molecule has 1 N–H and O–H groups in total. The summed E-state index contributed by atoms with van der Waals surface area (Å²) in [5, 5.41) is 2.74. The van der Waals surface area contributed by atoms with Crippen LogP contribution >= 0.6 is 0 Å². The van der Waals surface area contributed by atoms with Crippen LogP contribution in [0.5, 0.6) is 0 Å². The van der Waals surface area contributed by atoms with E-state index in [2.05, 4.69) is 5.32 Å². The van der Waals surface area contributed by atoms with Crippen molar-refractivity contribution in [3.8, 4) is 0 Å². The van der Waals surface area contributed by atoms with Crippen LogP contribution in [0, 0.1) is 11.6 Å². The second-order valence-electron chi connectivity index (χ2n) is 4.49. The molecule has 0 fully saturated rings. The van der Waals surface area contributed by atoms with E-state index in [1.165, 1.54) is 0 Å². The van der Waals surface area contributed by atoms with Gasteiger partial charge >= 0.3 is 0 Å². The smallest absolute Gasteiger partial charge is 0.246 e. The minimum absolute atomic E-state index is 0.0361. The average molecular weight is 290 g/mol. The molecular weight excluding hydrogens is 274 g/mol. The van der Waals surface area contributed by atoms with Crippen molar-refractivity contribution in [1.29, 1.82) is 0 Å².